The van der Waals surface area contributed by atoms with Gasteiger partial charge in [-0.25, -0.2) is 13.9 Å². The largest absolute Gasteiger partial charge is 0.444 e. The Morgan fingerprint density at radius 1 is 1.15 bits per heavy atom. The fraction of sp³-hybridized carbons (Fsp3) is 0.320. The number of aryl methyl sites for hydroxylation is 1. The quantitative estimate of drug-likeness (QED) is 0.488. The van der Waals surface area contributed by atoms with Gasteiger partial charge >= 0.3 is 6.09 Å². The lowest BCUT2D eigenvalue weighted by Crippen LogP contribution is -2.33. The number of nitrogens with zero attached hydrogens (tertiary/aromatic N) is 3. The Bertz CT molecular complexity index is 1190. The molecule has 34 heavy (non-hydrogen) atoms. The summed E-state index contributed by atoms with van der Waals surface area (Å²) in [6.45, 7) is 7.75. The van der Waals surface area contributed by atoms with Crippen LogP contribution in [0.5, 0.6) is 0 Å². The lowest BCUT2D eigenvalue weighted by Gasteiger charge is -2.24. The number of ether oxygens (including phenoxy) is 1. The van der Waals surface area contributed by atoms with Gasteiger partial charge in [0.2, 0.25) is 0 Å². The lowest BCUT2D eigenvalue weighted by molar-refractivity contribution is 0.0285. The van der Waals surface area contributed by atoms with Gasteiger partial charge in [-0.3, -0.25) is 4.79 Å². The topological polar surface area (TPSA) is 76.5 Å². The van der Waals surface area contributed by atoms with E-state index in [2.05, 4.69) is 10.4 Å². The number of nitrogens with one attached hydrogen (secondary N) is 1. The zero-order chi connectivity index (χ0) is 25.0. The van der Waals surface area contributed by atoms with Crippen LogP contribution in [0, 0.1) is 12.7 Å². The molecule has 0 aliphatic heterocycles. The monoisotopic (exact) mass is 486 g/mol. The van der Waals surface area contributed by atoms with Gasteiger partial charge in [0.25, 0.3) is 5.91 Å². The number of benzene rings is 2. The van der Waals surface area contributed by atoms with Crippen molar-refractivity contribution in [1.29, 1.82) is 0 Å². The normalized spacial score (nSPS) is 11.3. The Hall–Kier alpha value is -3.39. The molecule has 0 aliphatic rings. The number of carbonyl (C=O) groups excluding carboxylic acids is 2. The zero-order valence-corrected chi connectivity index (χ0v) is 20.6. The SMILES string of the molecule is Cc1nn(Cc2ccc(F)cc2)c(Cl)c1C(=O)Nc1cccc(CN(C)C(=O)OC(C)(C)C)c1. The summed E-state index contributed by atoms with van der Waals surface area (Å²) in [6.07, 6.45) is -0.432. The van der Waals surface area contributed by atoms with Crippen LogP contribution in [-0.4, -0.2) is 39.3 Å². The third kappa shape index (κ3) is 6.57. The second-order valence-electron chi connectivity index (χ2n) is 9.03. The minimum absolute atomic E-state index is 0.195. The third-order valence-corrected chi connectivity index (χ3v) is 5.23. The molecule has 0 bridgehead atoms. The average molecular weight is 487 g/mol. The lowest BCUT2D eigenvalue weighted by atomic mass is 10.1. The molecule has 0 atom stereocenters. The van der Waals surface area contributed by atoms with E-state index in [0.717, 1.165) is 11.1 Å². The van der Waals surface area contributed by atoms with Crippen molar-refractivity contribution in [2.24, 2.45) is 0 Å². The van der Waals surface area contributed by atoms with Crippen molar-refractivity contribution >= 4 is 29.3 Å². The van der Waals surface area contributed by atoms with Crippen LogP contribution < -0.4 is 5.32 Å². The molecule has 3 rings (SSSR count). The summed E-state index contributed by atoms with van der Waals surface area (Å²) in [5.74, 6) is -0.725. The van der Waals surface area contributed by atoms with Crippen molar-refractivity contribution in [1.82, 2.24) is 14.7 Å². The molecule has 1 aromatic heterocycles. The number of anilines is 1. The molecule has 2 aromatic carbocycles. The number of carbonyl (C=O) groups is 2. The maximum atomic E-state index is 13.2. The van der Waals surface area contributed by atoms with Gasteiger partial charge in [-0.2, -0.15) is 5.10 Å². The van der Waals surface area contributed by atoms with Gasteiger partial charge < -0.3 is 15.0 Å². The highest BCUT2D eigenvalue weighted by Crippen LogP contribution is 2.23. The van der Waals surface area contributed by atoms with Crippen molar-refractivity contribution in [2.45, 2.75) is 46.4 Å². The van der Waals surface area contributed by atoms with E-state index in [0.29, 0.717) is 24.5 Å². The summed E-state index contributed by atoms with van der Waals surface area (Å²) >= 11 is 6.47. The van der Waals surface area contributed by atoms with Gasteiger partial charge in [0.05, 0.1) is 17.8 Å². The van der Waals surface area contributed by atoms with E-state index in [1.54, 1.807) is 44.3 Å². The molecule has 7 nitrogen and oxygen atoms in total. The molecule has 0 saturated heterocycles. The van der Waals surface area contributed by atoms with E-state index < -0.39 is 17.6 Å². The summed E-state index contributed by atoms with van der Waals surface area (Å²) in [6, 6.07) is 13.2. The molecule has 180 valence electrons. The molecule has 0 aliphatic carbocycles. The van der Waals surface area contributed by atoms with Crippen LogP contribution in [-0.2, 0) is 17.8 Å². The predicted molar refractivity (Wildman–Crippen MR) is 130 cm³/mol. The van der Waals surface area contributed by atoms with Crippen molar-refractivity contribution in [3.63, 3.8) is 0 Å². The molecule has 1 heterocycles. The molecular formula is C25H28ClFN4O3. The summed E-state index contributed by atoms with van der Waals surface area (Å²) in [4.78, 5) is 26.7. The first-order chi connectivity index (χ1) is 15.9. The van der Waals surface area contributed by atoms with Crippen molar-refractivity contribution < 1.29 is 18.7 Å². The molecule has 3 aromatic rings. The maximum absolute atomic E-state index is 13.2. The van der Waals surface area contributed by atoms with Crippen molar-refractivity contribution in [2.75, 3.05) is 12.4 Å². The highest BCUT2D eigenvalue weighted by atomic mass is 35.5. The van der Waals surface area contributed by atoms with Gasteiger partial charge in [-0.05, 0) is 63.1 Å². The van der Waals surface area contributed by atoms with Crippen molar-refractivity contribution in [3.05, 3.63) is 81.9 Å². The van der Waals surface area contributed by atoms with E-state index in [-0.39, 0.29) is 16.5 Å². The highest BCUT2D eigenvalue weighted by Gasteiger charge is 2.22. The number of aromatic nitrogens is 2. The van der Waals surface area contributed by atoms with Crippen molar-refractivity contribution in [3.8, 4) is 0 Å². The number of amides is 2. The smallest absolute Gasteiger partial charge is 0.410 e. The van der Waals surface area contributed by atoms with Gasteiger partial charge in [0, 0.05) is 19.3 Å². The van der Waals surface area contributed by atoms with Crippen LogP contribution in [0.1, 0.15) is 48.0 Å². The summed E-state index contributed by atoms with van der Waals surface area (Å²) in [7, 11) is 1.65. The van der Waals surface area contributed by atoms with Gasteiger partial charge in [0.15, 0.2) is 0 Å². The standard InChI is InChI=1S/C25H28ClFN4O3/c1-16-21(22(26)31(29-16)15-17-9-11-19(27)12-10-17)23(32)28-20-8-6-7-18(13-20)14-30(5)24(33)34-25(2,3)4/h6-13H,14-15H2,1-5H3,(H,28,32). The van der Waals surface area contributed by atoms with Crippen LogP contribution in [0.2, 0.25) is 5.15 Å². The maximum Gasteiger partial charge on any atom is 0.410 e. The Kier molecular flexibility index (Phi) is 7.61. The van der Waals surface area contributed by atoms with E-state index in [4.69, 9.17) is 16.3 Å². The first-order valence-corrected chi connectivity index (χ1v) is 11.1. The molecule has 0 fully saturated rings. The molecule has 0 saturated carbocycles. The van der Waals surface area contributed by atoms with Crippen LogP contribution in [0.15, 0.2) is 48.5 Å². The predicted octanol–water partition coefficient (Wildman–Crippen LogP) is 5.65. The third-order valence-electron chi connectivity index (χ3n) is 4.85. The van der Waals surface area contributed by atoms with Crippen LogP contribution >= 0.6 is 11.6 Å². The van der Waals surface area contributed by atoms with Crippen LogP contribution in [0.3, 0.4) is 0 Å². The Labute approximate surface area is 203 Å². The van der Waals surface area contributed by atoms with E-state index in [1.807, 2.05) is 26.8 Å². The van der Waals surface area contributed by atoms with Gasteiger partial charge in [0.1, 0.15) is 16.6 Å². The van der Waals surface area contributed by atoms with Gasteiger partial charge in [-0.1, -0.05) is 35.9 Å². The number of hydrogen-bond donors (Lipinski definition) is 1. The second kappa shape index (κ2) is 10.3. The summed E-state index contributed by atoms with van der Waals surface area (Å²) < 4.78 is 20.0. The fourth-order valence-electron chi connectivity index (χ4n) is 3.30. The first-order valence-electron chi connectivity index (χ1n) is 10.7. The Morgan fingerprint density at radius 3 is 2.47 bits per heavy atom. The second-order valence-corrected chi connectivity index (χ2v) is 9.38. The van der Waals surface area contributed by atoms with Crippen LogP contribution in [0.4, 0.5) is 14.9 Å². The molecule has 1 N–H and O–H groups in total. The summed E-state index contributed by atoms with van der Waals surface area (Å²) in [5, 5.41) is 7.41. The number of halogens is 2. The Morgan fingerprint density at radius 2 is 1.82 bits per heavy atom. The zero-order valence-electron chi connectivity index (χ0n) is 19.9. The van der Waals surface area contributed by atoms with E-state index in [1.165, 1.54) is 21.7 Å². The van der Waals surface area contributed by atoms with Gasteiger partial charge in [-0.15, -0.1) is 0 Å². The minimum atomic E-state index is -0.584. The Balaban J connectivity index is 1.71. The first kappa shape index (κ1) is 25.2. The molecule has 0 spiro atoms. The number of hydrogen-bond acceptors (Lipinski definition) is 4. The van der Waals surface area contributed by atoms with E-state index in [9.17, 15) is 14.0 Å². The molecule has 9 heteroatoms. The van der Waals surface area contributed by atoms with E-state index >= 15 is 0 Å². The fourth-order valence-corrected chi connectivity index (χ4v) is 3.62. The van der Waals surface area contributed by atoms with Crippen LogP contribution in [0.25, 0.3) is 0 Å². The number of rotatable bonds is 6. The molecule has 2 amide bonds. The molecular weight excluding hydrogens is 459 g/mol. The molecule has 0 radical (unpaired) electrons. The molecule has 0 unspecified atom stereocenters. The minimum Gasteiger partial charge on any atom is -0.444 e. The summed E-state index contributed by atoms with van der Waals surface area (Å²) in [5.41, 5.74) is 2.34. The average Bonchev–Trinajstić information content (AvgIpc) is 3.01. The highest BCUT2D eigenvalue weighted by molar-refractivity contribution is 6.33.